The number of hydrogen-bond acceptors (Lipinski definition) is 3. The molecule has 3 heteroatoms. The number of hydrogen-bond donors (Lipinski definition) is 1. The summed E-state index contributed by atoms with van der Waals surface area (Å²) in [6, 6.07) is 0. The van der Waals surface area contributed by atoms with Crippen molar-refractivity contribution in [3.8, 4) is 0 Å². The normalized spacial score (nSPS) is 18.9. The minimum atomic E-state index is 0.0688. The average molecular weight is 222 g/mol. The molecule has 0 unspecified atom stereocenters. The maximum absolute atomic E-state index is 5.82. The van der Waals surface area contributed by atoms with Gasteiger partial charge in [0.05, 0.1) is 6.20 Å². The van der Waals surface area contributed by atoms with Crippen LogP contribution in [0.3, 0.4) is 0 Å². The van der Waals surface area contributed by atoms with Crippen LogP contribution in [-0.4, -0.2) is 18.1 Å². The maximum Gasteiger partial charge on any atom is 0.194 e. The van der Waals surface area contributed by atoms with Crippen LogP contribution < -0.4 is 5.32 Å². The molecule has 0 radical (unpaired) electrons. The third-order valence-electron chi connectivity index (χ3n) is 3.21. The van der Waals surface area contributed by atoms with Gasteiger partial charge < -0.3 is 9.73 Å². The minimum absolute atomic E-state index is 0.0688. The lowest BCUT2D eigenvalue weighted by molar-refractivity contribution is 0.322. The highest BCUT2D eigenvalue weighted by molar-refractivity contribution is 5.06. The Labute approximate surface area is 97.6 Å². The standard InChI is InChI=1S/C13H22N2O/c1-13(2,3)11-9-15-12(16-11)8-10-4-6-14-7-5-10/h9-10,14H,4-8H2,1-3H3. The Kier molecular flexibility index (Phi) is 3.33. The summed E-state index contributed by atoms with van der Waals surface area (Å²) in [6.07, 6.45) is 5.37. The zero-order valence-corrected chi connectivity index (χ0v) is 10.5. The number of rotatable bonds is 2. The third kappa shape index (κ3) is 2.85. The Morgan fingerprint density at radius 2 is 2.06 bits per heavy atom. The van der Waals surface area contributed by atoms with E-state index < -0.39 is 0 Å². The summed E-state index contributed by atoms with van der Waals surface area (Å²) in [5.41, 5.74) is 0.0688. The van der Waals surface area contributed by atoms with Gasteiger partial charge in [0.25, 0.3) is 0 Å². The first-order chi connectivity index (χ1) is 7.55. The van der Waals surface area contributed by atoms with Gasteiger partial charge in [-0.15, -0.1) is 0 Å². The molecule has 2 rings (SSSR count). The largest absolute Gasteiger partial charge is 0.445 e. The zero-order chi connectivity index (χ0) is 11.6. The maximum atomic E-state index is 5.82. The summed E-state index contributed by atoms with van der Waals surface area (Å²) < 4.78 is 5.82. The number of oxazole rings is 1. The smallest absolute Gasteiger partial charge is 0.194 e. The Morgan fingerprint density at radius 1 is 1.38 bits per heavy atom. The highest BCUT2D eigenvalue weighted by atomic mass is 16.4. The molecule has 1 aromatic rings. The van der Waals surface area contributed by atoms with Crippen LogP contribution in [0.5, 0.6) is 0 Å². The molecule has 0 amide bonds. The van der Waals surface area contributed by atoms with Crippen molar-refractivity contribution in [2.24, 2.45) is 5.92 Å². The number of nitrogens with zero attached hydrogens (tertiary/aromatic N) is 1. The zero-order valence-electron chi connectivity index (χ0n) is 10.5. The first-order valence-electron chi connectivity index (χ1n) is 6.21. The summed E-state index contributed by atoms with van der Waals surface area (Å²) in [6.45, 7) is 8.74. The van der Waals surface area contributed by atoms with E-state index in [1.165, 1.54) is 12.8 Å². The van der Waals surface area contributed by atoms with Crippen LogP contribution >= 0.6 is 0 Å². The molecule has 0 bridgehead atoms. The van der Waals surface area contributed by atoms with E-state index in [0.717, 1.165) is 37.1 Å². The molecule has 2 heterocycles. The average Bonchev–Trinajstić information content (AvgIpc) is 2.67. The van der Waals surface area contributed by atoms with Crippen LogP contribution in [0.2, 0.25) is 0 Å². The van der Waals surface area contributed by atoms with Crippen molar-refractivity contribution in [2.45, 2.75) is 45.4 Å². The van der Waals surface area contributed by atoms with Crippen molar-refractivity contribution in [3.05, 3.63) is 17.8 Å². The summed E-state index contributed by atoms with van der Waals surface area (Å²) in [5, 5.41) is 3.38. The van der Waals surface area contributed by atoms with Gasteiger partial charge in [0.1, 0.15) is 5.76 Å². The molecule has 1 N–H and O–H groups in total. The molecule has 0 saturated carbocycles. The van der Waals surface area contributed by atoms with Gasteiger partial charge in [-0.25, -0.2) is 4.98 Å². The van der Waals surface area contributed by atoms with E-state index in [4.69, 9.17) is 4.42 Å². The molecule has 16 heavy (non-hydrogen) atoms. The van der Waals surface area contributed by atoms with Crippen LogP contribution in [0.25, 0.3) is 0 Å². The minimum Gasteiger partial charge on any atom is -0.445 e. The van der Waals surface area contributed by atoms with Crippen LogP contribution in [0.15, 0.2) is 10.6 Å². The lowest BCUT2D eigenvalue weighted by Gasteiger charge is -2.21. The SMILES string of the molecule is CC(C)(C)c1cnc(CC2CCNCC2)o1. The number of piperidine rings is 1. The van der Waals surface area contributed by atoms with E-state index in [1.54, 1.807) is 0 Å². The molecule has 0 spiro atoms. The highest BCUT2D eigenvalue weighted by Crippen LogP contribution is 2.24. The van der Waals surface area contributed by atoms with Crippen molar-refractivity contribution in [2.75, 3.05) is 13.1 Å². The number of aromatic nitrogens is 1. The highest BCUT2D eigenvalue weighted by Gasteiger charge is 2.21. The topological polar surface area (TPSA) is 38.1 Å². The van der Waals surface area contributed by atoms with E-state index in [2.05, 4.69) is 31.1 Å². The molecular formula is C13H22N2O. The Balaban J connectivity index is 1.97. The molecule has 1 aliphatic rings. The summed E-state index contributed by atoms with van der Waals surface area (Å²) in [7, 11) is 0. The monoisotopic (exact) mass is 222 g/mol. The Morgan fingerprint density at radius 3 is 2.62 bits per heavy atom. The van der Waals surface area contributed by atoms with Gasteiger partial charge in [0.2, 0.25) is 0 Å². The van der Waals surface area contributed by atoms with Crippen molar-refractivity contribution >= 4 is 0 Å². The van der Waals surface area contributed by atoms with E-state index >= 15 is 0 Å². The van der Waals surface area contributed by atoms with Gasteiger partial charge in [-0.05, 0) is 31.8 Å². The van der Waals surface area contributed by atoms with E-state index in [-0.39, 0.29) is 5.41 Å². The fourth-order valence-electron chi connectivity index (χ4n) is 2.08. The number of nitrogens with one attached hydrogen (secondary N) is 1. The van der Waals surface area contributed by atoms with Crippen LogP contribution in [-0.2, 0) is 11.8 Å². The van der Waals surface area contributed by atoms with Crippen molar-refractivity contribution in [1.82, 2.24) is 10.3 Å². The lowest BCUT2D eigenvalue weighted by atomic mass is 9.94. The first kappa shape index (κ1) is 11.6. The van der Waals surface area contributed by atoms with Gasteiger partial charge in [0, 0.05) is 11.8 Å². The van der Waals surface area contributed by atoms with E-state index in [1.807, 2.05) is 6.20 Å². The van der Waals surface area contributed by atoms with Crippen molar-refractivity contribution in [3.63, 3.8) is 0 Å². The molecule has 1 aliphatic heterocycles. The van der Waals surface area contributed by atoms with Crippen molar-refractivity contribution < 1.29 is 4.42 Å². The van der Waals surface area contributed by atoms with Gasteiger partial charge in [0.15, 0.2) is 5.89 Å². The Hall–Kier alpha value is -0.830. The Bertz CT molecular complexity index is 332. The summed E-state index contributed by atoms with van der Waals surface area (Å²) in [4.78, 5) is 4.39. The van der Waals surface area contributed by atoms with Crippen molar-refractivity contribution in [1.29, 1.82) is 0 Å². The molecule has 90 valence electrons. The fraction of sp³-hybridized carbons (Fsp3) is 0.769. The quantitative estimate of drug-likeness (QED) is 0.835. The molecule has 0 aromatic carbocycles. The molecule has 1 saturated heterocycles. The predicted molar refractivity (Wildman–Crippen MR) is 64.5 cm³/mol. The lowest BCUT2D eigenvalue weighted by Crippen LogP contribution is -2.28. The summed E-state index contributed by atoms with van der Waals surface area (Å²) >= 11 is 0. The van der Waals surface area contributed by atoms with Gasteiger partial charge in [-0.2, -0.15) is 0 Å². The molecule has 1 fully saturated rings. The van der Waals surface area contributed by atoms with E-state index in [0.29, 0.717) is 0 Å². The second-order valence-corrected chi connectivity index (χ2v) is 5.77. The molecule has 3 nitrogen and oxygen atoms in total. The first-order valence-corrected chi connectivity index (χ1v) is 6.21. The predicted octanol–water partition coefficient (Wildman–Crippen LogP) is 2.51. The fourth-order valence-corrected chi connectivity index (χ4v) is 2.08. The second-order valence-electron chi connectivity index (χ2n) is 5.77. The summed E-state index contributed by atoms with van der Waals surface area (Å²) in [5.74, 6) is 2.65. The van der Waals surface area contributed by atoms with E-state index in [9.17, 15) is 0 Å². The van der Waals surface area contributed by atoms with Crippen LogP contribution in [0.4, 0.5) is 0 Å². The second kappa shape index (κ2) is 4.58. The molecular weight excluding hydrogens is 200 g/mol. The molecule has 0 aliphatic carbocycles. The molecule has 1 aromatic heterocycles. The molecule has 0 atom stereocenters. The van der Waals surface area contributed by atoms with Gasteiger partial charge in [-0.3, -0.25) is 0 Å². The van der Waals surface area contributed by atoms with Gasteiger partial charge in [-0.1, -0.05) is 20.8 Å². The van der Waals surface area contributed by atoms with Gasteiger partial charge >= 0.3 is 0 Å². The van der Waals surface area contributed by atoms with Crippen LogP contribution in [0.1, 0.15) is 45.3 Å². The van der Waals surface area contributed by atoms with Crippen LogP contribution in [0, 0.1) is 5.92 Å². The third-order valence-corrected chi connectivity index (χ3v) is 3.21.